The van der Waals surface area contributed by atoms with Crippen molar-refractivity contribution in [3.05, 3.63) is 30.1 Å². The standard InChI is InChI=1S/C18H22F3N5O2/c1-11(2)24-7-8-25(14(9-24)16(22)28)15(27)10-26-13-6-4-3-5-12(13)23-17(26)18(19,20)21/h3-6,11,14H,7-10H2,1-2H3,(H2,22,28). The molecule has 3 rings (SSSR count). The number of para-hydroxylation sites is 2. The van der Waals surface area contributed by atoms with Gasteiger partial charge in [-0.15, -0.1) is 0 Å². The zero-order chi connectivity index (χ0) is 20.6. The smallest absolute Gasteiger partial charge is 0.368 e. The van der Waals surface area contributed by atoms with Crippen molar-refractivity contribution in [1.29, 1.82) is 0 Å². The van der Waals surface area contributed by atoms with Gasteiger partial charge in [0.1, 0.15) is 12.6 Å². The molecule has 1 aliphatic rings. The van der Waals surface area contributed by atoms with Gasteiger partial charge < -0.3 is 15.2 Å². The number of amides is 2. The van der Waals surface area contributed by atoms with Gasteiger partial charge in [-0.05, 0) is 26.0 Å². The molecule has 0 bridgehead atoms. The third kappa shape index (κ3) is 3.82. The molecule has 1 saturated heterocycles. The quantitative estimate of drug-likeness (QED) is 0.847. The lowest BCUT2D eigenvalue weighted by Crippen LogP contribution is -2.61. The van der Waals surface area contributed by atoms with Crippen LogP contribution >= 0.6 is 0 Å². The number of halogens is 3. The Morgan fingerprint density at radius 3 is 2.54 bits per heavy atom. The third-order valence-corrected chi connectivity index (χ3v) is 4.99. The van der Waals surface area contributed by atoms with Crippen LogP contribution in [-0.4, -0.2) is 62.9 Å². The zero-order valence-corrected chi connectivity index (χ0v) is 15.6. The van der Waals surface area contributed by atoms with E-state index in [1.807, 2.05) is 18.7 Å². The van der Waals surface area contributed by atoms with Crippen LogP contribution in [0.4, 0.5) is 13.2 Å². The van der Waals surface area contributed by atoms with Gasteiger partial charge in [-0.25, -0.2) is 4.98 Å². The van der Waals surface area contributed by atoms with Crippen LogP contribution in [0, 0.1) is 0 Å². The molecule has 152 valence electrons. The van der Waals surface area contributed by atoms with E-state index in [0.29, 0.717) is 6.54 Å². The minimum atomic E-state index is -4.71. The number of rotatable bonds is 4. The maximum Gasteiger partial charge on any atom is 0.449 e. The Kier molecular flexibility index (Phi) is 5.33. The first-order valence-electron chi connectivity index (χ1n) is 8.95. The van der Waals surface area contributed by atoms with Gasteiger partial charge >= 0.3 is 6.18 Å². The molecule has 28 heavy (non-hydrogen) atoms. The minimum Gasteiger partial charge on any atom is -0.368 e. The van der Waals surface area contributed by atoms with Crippen LogP contribution in [0.2, 0.25) is 0 Å². The first-order chi connectivity index (χ1) is 13.1. The van der Waals surface area contributed by atoms with Crippen molar-refractivity contribution in [2.45, 2.75) is 38.7 Å². The lowest BCUT2D eigenvalue weighted by Gasteiger charge is -2.41. The van der Waals surface area contributed by atoms with E-state index in [1.54, 1.807) is 12.1 Å². The molecular formula is C18H22F3N5O2. The predicted molar refractivity (Wildman–Crippen MR) is 96.1 cm³/mol. The van der Waals surface area contributed by atoms with Gasteiger partial charge in [0, 0.05) is 25.7 Å². The van der Waals surface area contributed by atoms with Crippen LogP contribution in [0.1, 0.15) is 19.7 Å². The average Bonchev–Trinajstić information content (AvgIpc) is 3.00. The topological polar surface area (TPSA) is 84.5 Å². The molecule has 1 atom stereocenters. The van der Waals surface area contributed by atoms with Crippen LogP contribution < -0.4 is 5.73 Å². The Bertz CT molecular complexity index is 893. The highest BCUT2D eigenvalue weighted by atomic mass is 19.4. The van der Waals surface area contributed by atoms with Crippen molar-refractivity contribution in [3.63, 3.8) is 0 Å². The Morgan fingerprint density at radius 1 is 1.25 bits per heavy atom. The van der Waals surface area contributed by atoms with E-state index in [0.717, 1.165) is 4.57 Å². The largest absolute Gasteiger partial charge is 0.449 e. The molecule has 1 aromatic heterocycles. The molecule has 0 aliphatic carbocycles. The number of fused-ring (bicyclic) bond motifs is 1. The summed E-state index contributed by atoms with van der Waals surface area (Å²) in [7, 11) is 0. The predicted octanol–water partition coefficient (Wildman–Crippen LogP) is 1.46. The maximum atomic E-state index is 13.4. The fourth-order valence-electron chi connectivity index (χ4n) is 3.49. The van der Waals surface area contributed by atoms with Crippen molar-refractivity contribution in [1.82, 2.24) is 19.4 Å². The fraction of sp³-hybridized carbons (Fsp3) is 0.500. The molecule has 10 heteroatoms. The van der Waals surface area contributed by atoms with Gasteiger partial charge in [0.2, 0.25) is 17.6 Å². The molecule has 2 heterocycles. The van der Waals surface area contributed by atoms with Crippen molar-refractivity contribution in [3.8, 4) is 0 Å². The highest BCUT2D eigenvalue weighted by Crippen LogP contribution is 2.31. The van der Waals surface area contributed by atoms with E-state index in [2.05, 4.69) is 4.98 Å². The highest BCUT2D eigenvalue weighted by Gasteiger charge is 2.40. The average molecular weight is 397 g/mol. The number of carbonyl (C=O) groups excluding carboxylic acids is 2. The molecule has 7 nitrogen and oxygen atoms in total. The molecule has 1 aromatic carbocycles. The first kappa shape index (κ1) is 20.1. The summed E-state index contributed by atoms with van der Waals surface area (Å²) >= 11 is 0. The Hall–Kier alpha value is -2.62. The number of aromatic nitrogens is 2. The highest BCUT2D eigenvalue weighted by molar-refractivity contribution is 5.88. The van der Waals surface area contributed by atoms with Crippen molar-refractivity contribution in [2.75, 3.05) is 19.6 Å². The summed E-state index contributed by atoms with van der Waals surface area (Å²) in [6.07, 6.45) is -4.71. The SMILES string of the molecule is CC(C)N1CCN(C(=O)Cn2c(C(F)(F)F)nc3ccccc32)C(C(N)=O)C1. The van der Waals surface area contributed by atoms with Gasteiger partial charge in [0.25, 0.3) is 0 Å². The van der Waals surface area contributed by atoms with Crippen LogP contribution in [-0.2, 0) is 22.3 Å². The molecular weight excluding hydrogens is 375 g/mol. The summed E-state index contributed by atoms with van der Waals surface area (Å²) in [4.78, 5) is 31.7. The number of alkyl halides is 3. The number of piperazine rings is 1. The second-order valence-electron chi connectivity index (χ2n) is 7.10. The van der Waals surface area contributed by atoms with Gasteiger partial charge in [0.15, 0.2) is 0 Å². The third-order valence-electron chi connectivity index (χ3n) is 4.99. The Labute approximate surface area is 159 Å². The van der Waals surface area contributed by atoms with E-state index in [1.165, 1.54) is 17.0 Å². The van der Waals surface area contributed by atoms with Crippen LogP contribution in [0.25, 0.3) is 11.0 Å². The molecule has 2 N–H and O–H groups in total. The molecule has 0 radical (unpaired) electrons. The normalized spacial score (nSPS) is 18.8. The number of hydrogen-bond acceptors (Lipinski definition) is 4. The van der Waals surface area contributed by atoms with Gasteiger partial charge in [0.05, 0.1) is 11.0 Å². The molecule has 2 amide bonds. The molecule has 0 spiro atoms. The van der Waals surface area contributed by atoms with Crippen LogP contribution in [0.15, 0.2) is 24.3 Å². The Balaban J connectivity index is 1.91. The summed E-state index contributed by atoms with van der Waals surface area (Å²) in [5, 5.41) is 0. The molecule has 0 saturated carbocycles. The summed E-state index contributed by atoms with van der Waals surface area (Å²) in [6, 6.07) is 5.38. The summed E-state index contributed by atoms with van der Waals surface area (Å²) in [5.74, 6) is -2.41. The van der Waals surface area contributed by atoms with Gasteiger partial charge in [-0.2, -0.15) is 13.2 Å². The summed E-state index contributed by atoms with van der Waals surface area (Å²) in [6.45, 7) is 4.35. The summed E-state index contributed by atoms with van der Waals surface area (Å²) in [5.41, 5.74) is 5.82. The van der Waals surface area contributed by atoms with Crippen LogP contribution in [0.3, 0.4) is 0 Å². The fourth-order valence-corrected chi connectivity index (χ4v) is 3.49. The maximum absolute atomic E-state index is 13.4. The number of primary amides is 1. The number of nitrogens with two attached hydrogens (primary N) is 1. The van der Waals surface area contributed by atoms with E-state index < -0.39 is 36.4 Å². The van der Waals surface area contributed by atoms with E-state index in [-0.39, 0.29) is 30.2 Å². The van der Waals surface area contributed by atoms with Crippen molar-refractivity contribution < 1.29 is 22.8 Å². The number of benzene rings is 1. The van der Waals surface area contributed by atoms with E-state index >= 15 is 0 Å². The van der Waals surface area contributed by atoms with E-state index in [9.17, 15) is 22.8 Å². The van der Waals surface area contributed by atoms with Crippen molar-refractivity contribution in [2.24, 2.45) is 5.73 Å². The lowest BCUT2D eigenvalue weighted by atomic mass is 10.1. The zero-order valence-electron chi connectivity index (χ0n) is 15.6. The lowest BCUT2D eigenvalue weighted by molar-refractivity contribution is -0.150. The summed E-state index contributed by atoms with van der Waals surface area (Å²) < 4.78 is 41.2. The number of imidazole rings is 1. The number of nitrogens with zero attached hydrogens (tertiary/aromatic N) is 4. The molecule has 1 fully saturated rings. The number of carbonyl (C=O) groups is 2. The van der Waals surface area contributed by atoms with Gasteiger partial charge in [-0.3, -0.25) is 14.5 Å². The minimum absolute atomic E-state index is 0.152. The first-order valence-corrected chi connectivity index (χ1v) is 8.95. The molecule has 1 unspecified atom stereocenters. The molecule has 2 aromatic rings. The monoisotopic (exact) mass is 397 g/mol. The van der Waals surface area contributed by atoms with Gasteiger partial charge in [-0.1, -0.05) is 12.1 Å². The Morgan fingerprint density at radius 2 is 1.93 bits per heavy atom. The second-order valence-corrected chi connectivity index (χ2v) is 7.10. The van der Waals surface area contributed by atoms with Crippen LogP contribution in [0.5, 0.6) is 0 Å². The van der Waals surface area contributed by atoms with Crippen molar-refractivity contribution >= 4 is 22.8 Å². The molecule has 1 aliphatic heterocycles. The second kappa shape index (κ2) is 7.42. The van der Waals surface area contributed by atoms with E-state index in [4.69, 9.17) is 5.73 Å². The number of hydrogen-bond donors (Lipinski definition) is 1.